The van der Waals surface area contributed by atoms with E-state index in [1.54, 1.807) is 12.1 Å². The number of hydrogen-bond donors (Lipinski definition) is 2. The number of phenolic OH excluding ortho intramolecular Hbond substituents is 1. The van der Waals surface area contributed by atoms with E-state index >= 15 is 0 Å². The van der Waals surface area contributed by atoms with Crippen molar-refractivity contribution in [2.24, 2.45) is 0 Å². The largest absolute Gasteiger partial charge is 0.508 e. The third kappa shape index (κ3) is 2.18. The van der Waals surface area contributed by atoms with Gasteiger partial charge in [0.05, 0.1) is 5.69 Å². The molecule has 1 aromatic heterocycles. The summed E-state index contributed by atoms with van der Waals surface area (Å²) in [5.74, 6) is 0.290. The van der Waals surface area contributed by atoms with Gasteiger partial charge in [0.25, 0.3) is 5.89 Å². The molecule has 0 radical (unpaired) electrons. The third-order valence-corrected chi connectivity index (χ3v) is 2.79. The Hall–Kier alpha value is -2.89. The van der Waals surface area contributed by atoms with Crippen molar-refractivity contribution >= 4 is 5.69 Å². The van der Waals surface area contributed by atoms with Crippen molar-refractivity contribution < 1.29 is 14.0 Å². The Labute approximate surface area is 113 Å². The van der Waals surface area contributed by atoms with Crippen molar-refractivity contribution in [2.75, 3.05) is 5.73 Å². The van der Waals surface area contributed by atoms with Gasteiger partial charge in [0.1, 0.15) is 11.6 Å². The van der Waals surface area contributed by atoms with Gasteiger partial charge in [-0.2, -0.15) is 4.98 Å². The average molecular weight is 271 g/mol. The summed E-state index contributed by atoms with van der Waals surface area (Å²) in [7, 11) is 0. The lowest BCUT2D eigenvalue weighted by Gasteiger charge is -1.98. The second kappa shape index (κ2) is 4.65. The number of hydrogen-bond acceptors (Lipinski definition) is 5. The van der Waals surface area contributed by atoms with Gasteiger partial charge >= 0.3 is 0 Å². The van der Waals surface area contributed by atoms with E-state index in [4.69, 9.17) is 10.3 Å². The van der Waals surface area contributed by atoms with Crippen molar-refractivity contribution in [3.8, 4) is 28.6 Å². The molecule has 100 valence electrons. The second-order valence-corrected chi connectivity index (χ2v) is 4.21. The summed E-state index contributed by atoms with van der Waals surface area (Å²) in [5.41, 5.74) is 6.76. The van der Waals surface area contributed by atoms with E-state index in [-0.39, 0.29) is 17.3 Å². The highest BCUT2D eigenvalue weighted by molar-refractivity contribution is 5.63. The monoisotopic (exact) mass is 271 g/mol. The smallest absolute Gasteiger partial charge is 0.258 e. The highest BCUT2D eigenvalue weighted by atomic mass is 19.1. The standard InChI is InChI=1S/C14H10FN3O2/c15-11-6-3-9(7-12(11)16)14-17-13(18-20-14)8-1-4-10(19)5-2-8/h1-7,19H,16H2. The number of aromatic nitrogens is 2. The Balaban J connectivity index is 1.97. The minimum Gasteiger partial charge on any atom is -0.508 e. The van der Waals surface area contributed by atoms with Crippen LogP contribution in [0.15, 0.2) is 47.0 Å². The zero-order chi connectivity index (χ0) is 14.1. The Morgan fingerprint density at radius 2 is 1.75 bits per heavy atom. The third-order valence-electron chi connectivity index (χ3n) is 2.79. The first kappa shape index (κ1) is 12.2. The van der Waals surface area contributed by atoms with Crippen LogP contribution >= 0.6 is 0 Å². The van der Waals surface area contributed by atoms with Crippen LogP contribution in [-0.4, -0.2) is 15.2 Å². The molecule has 0 saturated heterocycles. The molecule has 0 spiro atoms. The van der Waals surface area contributed by atoms with E-state index in [2.05, 4.69) is 10.1 Å². The normalized spacial score (nSPS) is 10.7. The molecule has 3 N–H and O–H groups in total. The highest BCUT2D eigenvalue weighted by Crippen LogP contribution is 2.25. The fourth-order valence-electron chi connectivity index (χ4n) is 1.75. The van der Waals surface area contributed by atoms with E-state index < -0.39 is 5.82 Å². The van der Waals surface area contributed by atoms with Gasteiger partial charge in [-0.25, -0.2) is 4.39 Å². The lowest BCUT2D eigenvalue weighted by atomic mass is 10.2. The van der Waals surface area contributed by atoms with Crippen LogP contribution < -0.4 is 5.73 Å². The van der Waals surface area contributed by atoms with Crippen LogP contribution in [-0.2, 0) is 0 Å². The van der Waals surface area contributed by atoms with E-state index in [1.807, 2.05) is 0 Å². The second-order valence-electron chi connectivity index (χ2n) is 4.21. The molecule has 0 saturated carbocycles. The van der Waals surface area contributed by atoms with Gasteiger partial charge in [0.2, 0.25) is 5.82 Å². The lowest BCUT2D eigenvalue weighted by molar-refractivity contribution is 0.432. The van der Waals surface area contributed by atoms with Crippen LogP contribution in [0.25, 0.3) is 22.8 Å². The van der Waals surface area contributed by atoms with Crippen LogP contribution in [0.5, 0.6) is 5.75 Å². The topological polar surface area (TPSA) is 85.2 Å². The van der Waals surface area contributed by atoms with Crippen molar-refractivity contribution in [3.05, 3.63) is 48.3 Å². The summed E-state index contributed by atoms with van der Waals surface area (Å²) in [6, 6.07) is 10.6. The molecule has 0 aliphatic rings. The number of rotatable bonds is 2. The molecule has 0 atom stereocenters. The van der Waals surface area contributed by atoms with E-state index in [1.165, 1.54) is 30.3 Å². The molecule has 2 aromatic carbocycles. The van der Waals surface area contributed by atoms with Crippen LogP contribution in [0.4, 0.5) is 10.1 Å². The first-order valence-corrected chi connectivity index (χ1v) is 5.82. The summed E-state index contributed by atoms with van der Waals surface area (Å²) in [6.07, 6.45) is 0. The molecule has 20 heavy (non-hydrogen) atoms. The van der Waals surface area contributed by atoms with Crippen molar-refractivity contribution in [3.63, 3.8) is 0 Å². The predicted molar refractivity (Wildman–Crippen MR) is 71.2 cm³/mol. The first-order valence-electron chi connectivity index (χ1n) is 5.82. The van der Waals surface area contributed by atoms with Crippen LogP contribution in [0, 0.1) is 5.82 Å². The number of aromatic hydroxyl groups is 1. The molecule has 0 fully saturated rings. The van der Waals surface area contributed by atoms with Crippen molar-refractivity contribution in [1.29, 1.82) is 0 Å². The molecule has 0 aliphatic carbocycles. The average Bonchev–Trinajstić information content (AvgIpc) is 2.92. The number of halogens is 1. The van der Waals surface area contributed by atoms with Crippen LogP contribution in [0.2, 0.25) is 0 Å². The molecule has 0 aliphatic heterocycles. The Bertz CT molecular complexity index is 753. The summed E-state index contributed by atoms with van der Waals surface area (Å²) >= 11 is 0. The SMILES string of the molecule is Nc1cc(-c2nc(-c3ccc(O)cc3)no2)ccc1F. The van der Waals surface area contributed by atoms with Gasteiger partial charge in [0.15, 0.2) is 0 Å². The molecule has 6 heteroatoms. The molecule has 0 unspecified atom stereocenters. The summed E-state index contributed by atoms with van der Waals surface area (Å²) < 4.78 is 18.2. The summed E-state index contributed by atoms with van der Waals surface area (Å²) in [5, 5.41) is 13.1. The van der Waals surface area contributed by atoms with Gasteiger partial charge in [-0.1, -0.05) is 5.16 Å². The molecule has 1 heterocycles. The Morgan fingerprint density at radius 3 is 2.45 bits per heavy atom. The molecule has 3 rings (SSSR count). The van der Waals surface area contributed by atoms with E-state index in [0.29, 0.717) is 17.0 Å². The molecule has 0 amide bonds. The Morgan fingerprint density at radius 1 is 1.05 bits per heavy atom. The molecule has 3 aromatic rings. The fraction of sp³-hybridized carbons (Fsp3) is 0. The first-order chi connectivity index (χ1) is 9.63. The van der Waals surface area contributed by atoms with Crippen molar-refractivity contribution in [2.45, 2.75) is 0 Å². The minimum absolute atomic E-state index is 0.0203. The fourth-order valence-corrected chi connectivity index (χ4v) is 1.75. The summed E-state index contributed by atoms with van der Waals surface area (Å²) in [4.78, 5) is 4.21. The van der Waals surface area contributed by atoms with E-state index in [9.17, 15) is 9.50 Å². The zero-order valence-corrected chi connectivity index (χ0v) is 10.2. The number of benzene rings is 2. The maximum atomic E-state index is 13.1. The van der Waals surface area contributed by atoms with Gasteiger partial charge in [-0.15, -0.1) is 0 Å². The number of nitrogens with two attached hydrogens (primary N) is 1. The highest BCUT2D eigenvalue weighted by Gasteiger charge is 2.11. The number of phenols is 1. The van der Waals surface area contributed by atoms with E-state index in [0.717, 1.165) is 0 Å². The zero-order valence-electron chi connectivity index (χ0n) is 10.2. The number of nitrogens with zero attached hydrogens (tertiary/aromatic N) is 2. The van der Waals surface area contributed by atoms with Gasteiger partial charge in [0, 0.05) is 11.1 Å². The summed E-state index contributed by atoms with van der Waals surface area (Å²) in [6.45, 7) is 0. The predicted octanol–water partition coefficient (Wildman–Crippen LogP) is 2.83. The minimum atomic E-state index is -0.493. The quantitative estimate of drug-likeness (QED) is 0.700. The van der Waals surface area contributed by atoms with Gasteiger partial charge < -0.3 is 15.4 Å². The lowest BCUT2D eigenvalue weighted by Crippen LogP contribution is -1.90. The van der Waals surface area contributed by atoms with Crippen LogP contribution in [0.3, 0.4) is 0 Å². The maximum absolute atomic E-state index is 13.1. The molecule has 5 nitrogen and oxygen atoms in total. The van der Waals surface area contributed by atoms with Gasteiger partial charge in [-0.05, 0) is 42.5 Å². The maximum Gasteiger partial charge on any atom is 0.258 e. The van der Waals surface area contributed by atoms with Gasteiger partial charge in [-0.3, -0.25) is 0 Å². The molecular formula is C14H10FN3O2. The molecular weight excluding hydrogens is 261 g/mol. The molecule has 0 bridgehead atoms. The number of nitrogen functional groups attached to an aromatic ring is 1. The van der Waals surface area contributed by atoms with Crippen molar-refractivity contribution in [1.82, 2.24) is 10.1 Å². The Kier molecular flexibility index (Phi) is 2.83. The number of anilines is 1. The van der Waals surface area contributed by atoms with Crippen LogP contribution in [0.1, 0.15) is 0 Å².